The van der Waals surface area contributed by atoms with E-state index in [9.17, 15) is 4.79 Å². The molecule has 25 heavy (non-hydrogen) atoms. The first-order valence-electron chi connectivity index (χ1n) is 7.94. The largest absolute Gasteiger partial charge is 0.493 e. The molecule has 0 atom stereocenters. The van der Waals surface area contributed by atoms with Crippen LogP contribution in [-0.4, -0.2) is 25.3 Å². The highest BCUT2D eigenvalue weighted by molar-refractivity contribution is 9.10. The first-order chi connectivity index (χ1) is 12.0. The average molecular weight is 405 g/mol. The predicted octanol–water partition coefficient (Wildman–Crippen LogP) is 3.99. The van der Waals surface area contributed by atoms with Gasteiger partial charge in [0.1, 0.15) is 11.5 Å². The van der Waals surface area contributed by atoms with Crippen LogP contribution in [0.1, 0.15) is 23.6 Å². The molecule has 0 bridgehead atoms. The lowest BCUT2D eigenvalue weighted by Gasteiger charge is -2.09. The molecule has 6 heteroatoms. The van der Waals surface area contributed by atoms with Gasteiger partial charge in [-0.15, -0.1) is 0 Å². The minimum absolute atomic E-state index is 0.0992. The van der Waals surface area contributed by atoms with Gasteiger partial charge >= 0.3 is 0 Å². The highest BCUT2D eigenvalue weighted by Gasteiger charge is 2.05. The number of rotatable bonds is 7. The molecule has 0 saturated carbocycles. The van der Waals surface area contributed by atoms with E-state index in [0.717, 1.165) is 21.2 Å². The van der Waals surface area contributed by atoms with E-state index in [1.807, 2.05) is 57.2 Å². The SMILES string of the molecule is CCOc1ccc(Br)cc1/C=N\NC(=O)COc1ccc(C)cc1C. The molecular formula is C19H21BrN2O3. The van der Waals surface area contributed by atoms with E-state index in [0.29, 0.717) is 18.1 Å². The zero-order valence-corrected chi connectivity index (χ0v) is 16.1. The van der Waals surface area contributed by atoms with Gasteiger partial charge in [0.05, 0.1) is 12.8 Å². The summed E-state index contributed by atoms with van der Waals surface area (Å²) in [5.41, 5.74) is 5.37. The van der Waals surface area contributed by atoms with Crippen LogP contribution in [0.5, 0.6) is 11.5 Å². The van der Waals surface area contributed by atoms with Gasteiger partial charge in [0, 0.05) is 10.0 Å². The van der Waals surface area contributed by atoms with Crippen molar-refractivity contribution >= 4 is 28.1 Å². The van der Waals surface area contributed by atoms with Gasteiger partial charge in [0.2, 0.25) is 0 Å². The molecule has 2 rings (SSSR count). The summed E-state index contributed by atoms with van der Waals surface area (Å²) in [7, 11) is 0. The Morgan fingerprint density at radius 3 is 2.64 bits per heavy atom. The number of benzene rings is 2. The van der Waals surface area contributed by atoms with Crippen LogP contribution >= 0.6 is 15.9 Å². The lowest BCUT2D eigenvalue weighted by molar-refractivity contribution is -0.123. The quantitative estimate of drug-likeness (QED) is 0.560. The Morgan fingerprint density at radius 1 is 1.16 bits per heavy atom. The number of amides is 1. The minimum atomic E-state index is -0.329. The monoisotopic (exact) mass is 404 g/mol. The van der Waals surface area contributed by atoms with Crippen molar-refractivity contribution in [1.82, 2.24) is 5.43 Å². The molecule has 1 N–H and O–H groups in total. The normalized spacial score (nSPS) is 10.7. The van der Waals surface area contributed by atoms with E-state index >= 15 is 0 Å². The van der Waals surface area contributed by atoms with Gasteiger partial charge in [-0.05, 0) is 50.6 Å². The minimum Gasteiger partial charge on any atom is -0.493 e. The van der Waals surface area contributed by atoms with E-state index in [-0.39, 0.29) is 12.5 Å². The van der Waals surface area contributed by atoms with Crippen molar-refractivity contribution in [3.05, 3.63) is 57.6 Å². The molecule has 0 spiro atoms. The molecule has 0 fully saturated rings. The van der Waals surface area contributed by atoms with Crippen LogP contribution < -0.4 is 14.9 Å². The third kappa shape index (κ3) is 5.90. The topological polar surface area (TPSA) is 59.9 Å². The standard InChI is InChI=1S/C19H21BrN2O3/c1-4-24-18-8-6-16(20)10-15(18)11-21-22-19(23)12-25-17-7-5-13(2)9-14(17)3/h5-11H,4,12H2,1-3H3,(H,22,23)/b21-11-. The Labute approximate surface area is 156 Å². The van der Waals surface area contributed by atoms with Crippen LogP contribution in [0.25, 0.3) is 0 Å². The number of ether oxygens (including phenoxy) is 2. The number of nitrogens with one attached hydrogen (secondary N) is 1. The van der Waals surface area contributed by atoms with Crippen LogP contribution in [0.15, 0.2) is 46.0 Å². The number of carbonyl (C=O) groups excluding carboxylic acids is 1. The molecule has 0 aromatic heterocycles. The van der Waals surface area contributed by atoms with Crippen molar-refractivity contribution in [3.8, 4) is 11.5 Å². The zero-order valence-electron chi connectivity index (χ0n) is 14.5. The van der Waals surface area contributed by atoms with E-state index in [2.05, 4.69) is 26.5 Å². The van der Waals surface area contributed by atoms with Crippen molar-refractivity contribution < 1.29 is 14.3 Å². The van der Waals surface area contributed by atoms with Crippen molar-refractivity contribution in [2.75, 3.05) is 13.2 Å². The van der Waals surface area contributed by atoms with Gasteiger partial charge < -0.3 is 9.47 Å². The highest BCUT2D eigenvalue weighted by Crippen LogP contribution is 2.21. The van der Waals surface area contributed by atoms with Gasteiger partial charge in [-0.3, -0.25) is 4.79 Å². The van der Waals surface area contributed by atoms with Gasteiger partial charge in [-0.25, -0.2) is 5.43 Å². The summed E-state index contributed by atoms with van der Waals surface area (Å²) in [6, 6.07) is 11.4. The van der Waals surface area contributed by atoms with E-state index in [4.69, 9.17) is 9.47 Å². The Kier molecular flexibility index (Phi) is 7.01. The van der Waals surface area contributed by atoms with Gasteiger partial charge in [-0.1, -0.05) is 33.6 Å². The molecule has 0 aliphatic rings. The van der Waals surface area contributed by atoms with Crippen LogP contribution in [0, 0.1) is 13.8 Å². The van der Waals surface area contributed by atoms with E-state index in [1.54, 1.807) is 6.21 Å². The van der Waals surface area contributed by atoms with Crippen LogP contribution in [0.3, 0.4) is 0 Å². The third-order valence-corrected chi connectivity index (χ3v) is 3.85. The number of halogens is 1. The molecule has 0 unspecified atom stereocenters. The summed E-state index contributed by atoms with van der Waals surface area (Å²) in [5, 5.41) is 3.97. The van der Waals surface area contributed by atoms with Crippen molar-refractivity contribution in [3.63, 3.8) is 0 Å². The summed E-state index contributed by atoms with van der Waals surface area (Å²) in [6.45, 7) is 6.32. The first-order valence-corrected chi connectivity index (χ1v) is 8.73. The Balaban J connectivity index is 1.91. The number of hydrazone groups is 1. The maximum Gasteiger partial charge on any atom is 0.277 e. The van der Waals surface area contributed by atoms with E-state index in [1.165, 1.54) is 0 Å². The average Bonchev–Trinajstić information content (AvgIpc) is 2.56. The van der Waals surface area contributed by atoms with Crippen molar-refractivity contribution in [2.45, 2.75) is 20.8 Å². The second kappa shape index (κ2) is 9.22. The summed E-state index contributed by atoms with van der Waals surface area (Å²) in [4.78, 5) is 11.9. The second-order valence-corrected chi connectivity index (χ2v) is 6.38. The molecular weight excluding hydrogens is 384 g/mol. The summed E-state index contributed by atoms with van der Waals surface area (Å²) in [5.74, 6) is 1.06. The fourth-order valence-corrected chi connectivity index (χ4v) is 2.60. The molecule has 0 aliphatic heterocycles. The number of carbonyl (C=O) groups is 1. The summed E-state index contributed by atoms with van der Waals surface area (Å²) in [6.07, 6.45) is 1.55. The predicted molar refractivity (Wildman–Crippen MR) is 102 cm³/mol. The number of aryl methyl sites for hydroxylation is 2. The van der Waals surface area contributed by atoms with Crippen LogP contribution in [0.4, 0.5) is 0 Å². The molecule has 0 heterocycles. The van der Waals surface area contributed by atoms with Crippen molar-refractivity contribution in [2.24, 2.45) is 5.10 Å². The molecule has 2 aromatic carbocycles. The first kappa shape index (κ1) is 19.0. The Hall–Kier alpha value is -2.34. The fraction of sp³-hybridized carbons (Fsp3) is 0.263. The summed E-state index contributed by atoms with van der Waals surface area (Å²) < 4.78 is 12.0. The number of nitrogens with zero attached hydrogens (tertiary/aromatic N) is 1. The Morgan fingerprint density at radius 2 is 1.92 bits per heavy atom. The highest BCUT2D eigenvalue weighted by atomic mass is 79.9. The van der Waals surface area contributed by atoms with Gasteiger partial charge in [0.25, 0.3) is 5.91 Å². The molecule has 5 nitrogen and oxygen atoms in total. The molecule has 0 saturated heterocycles. The molecule has 0 aliphatic carbocycles. The Bertz CT molecular complexity index is 775. The lowest BCUT2D eigenvalue weighted by atomic mass is 10.1. The van der Waals surface area contributed by atoms with Crippen LogP contribution in [-0.2, 0) is 4.79 Å². The number of hydrogen-bond donors (Lipinski definition) is 1. The van der Waals surface area contributed by atoms with Gasteiger partial charge in [0.15, 0.2) is 6.61 Å². The second-order valence-electron chi connectivity index (χ2n) is 5.47. The van der Waals surface area contributed by atoms with E-state index < -0.39 is 0 Å². The van der Waals surface area contributed by atoms with Crippen LogP contribution in [0.2, 0.25) is 0 Å². The smallest absolute Gasteiger partial charge is 0.277 e. The molecule has 0 radical (unpaired) electrons. The molecule has 132 valence electrons. The molecule has 1 amide bonds. The maximum atomic E-state index is 11.9. The number of hydrogen-bond acceptors (Lipinski definition) is 4. The zero-order chi connectivity index (χ0) is 18.2. The fourth-order valence-electron chi connectivity index (χ4n) is 2.22. The lowest BCUT2D eigenvalue weighted by Crippen LogP contribution is -2.24. The maximum absolute atomic E-state index is 11.9. The van der Waals surface area contributed by atoms with Crippen molar-refractivity contribution in [1.29, 1.82) is 0 Å². The summed E-state index contributed by atoms with van der Waals surface area (Å²) >= 11 is 3.41. The third-order valence-electron chi connectivity index (χ3n) is 3.35. The van der Waals surface area contributed by atoms with Gasteiger partial charge in [-0.2, -0.15) is 5.10 Å². The molecule has 2 aromatic rings.